The Morgan fingerprint density at radius 1 is 1.41 bits per heavy atom. The monoisotopic (exact) mass is 232 g/mol. The van der Waals surface area contributed by atoms with Gasteiger partial charge in [-0.15, -0.1) is 0 Å². The standard InChI is InChI=1S/C14H20N2O/c1-9-3-4-12(7-10(9)2)14(17)16-13(8-15)11-5-6-11/h3-4,7,11,13H,5-6,8,15H2,1-2H3,(H,16,17). The van der Waals surface area contributed by atoms with Crippen LogP contribution in [0.3, 0.4) is 0 Å². The number of hydrogen-bond acceptors (Lipinski definition) is 2. The lowest BCUT2D eigenvalue weighted by atomic mass is 10.1. The molecule has 3 heteroatoms. The van der Waals surface area contributed by atoms with Crippen LogP contribution in [0.4, 0.5) is 0 Å². The predicted molar refractivity (Wildman–Crippen MR) is 68.9 cm³/mol. The summed E-state index contributed by atoms with van der Waals surface area (Å²) in [4.78, 5) is 12.0. The Bertz CT molecular complexity index is 424. The fraction of sp³-hybridized carbons (Fsp3) is 0.500. The zero-order chi connectivity index (χ0) is 12.4. The minimum absolute atomic E-state index is 0.00421. The van der Waals surface area contributed by atoms with Gasteiger partial charge in [-0.25, -0.2) is 0 Å². The molecule has 0 saturated heterocycles. The number of amides is 1. The zero-order valence-electron chi connectivity index (χ0n) is 10.5. The highest BCUT2D eigenvalue weighted by Crippen LogP contribution is 2.32. The second-order valence-corrected chi connectivity index (χ2v) is 4.95. The van der Waals surface area contributed by atoms with Gasteiger partial charge in [0.15, 0.2) is 0 Å². The summed E-state index contributed by atoms with van der Waals surface area (Å²) in [6, 6.07) is 5.94. The van der Waals surface area contributed by atoms with E-state index in [2.05, 4.69) is 5.32 Å². The summed E-state index contributed by atoms with van der Waals surface area (Å²) in [7, 11) is 0. The molecule has 1 aliphatic rings. The van der Waals surface area contributed by atoms with Crippen molar-refractivity contribution in [3.8, 4) is 0 Å². The maximum atomic E-state index is 12.0. The third-order valence-corrected chi connectivity index (χ3v) is 3.53. The molecule has 0 radical (unpaired) electrons. The zero-order valence-corrected chi connectivity index (χ0v) is 10.5. The average Bonchev–Trinajstić information content (AvgIpc) is 3.13. The van der Waals surface area contributed by atoms with E-state index in [0.29, 0.717) is 12.5 Å². The lowest BCUT2D eigenvalue weighted by Crippen LogP contribution is -2.41. The maximum Gasteiger partial charge on any atom is 0.251 e. The van der Waals surface area contributed by atoms with Crippen LogP contribution in [0.1, 0.15) is 34.3 Å². The van der Waals surface area contributed by atoms with Crippen LogP contribution in [0.25, 0.3) is 0 Å². The summed E-state index contributed by atoms with van der Waals surface area (Å²) in [5, 5.41) is 3.03. The molecular weight excluding hydrogens is 212 g/mol. The first-order chi connectivity index (χ1) is 8.11. The molecule has 92 valence electrons. The van der Waals surface area contributed by atoms with E-state index in [-0.39, 0.29) is 11.9 Å². The van der Waals surface area contributed by atoms with Crippen LogP contribution < -0.4 is 11.1 Å². The second kappa shape index (κ2) is 4.88. The predicted octanol–water partition coefficient (Wildman–Crippen LogP) is 1.77. The number of nitrogens with two attached hydrogens (primary N) is 1. The van der Waals surface area contributed by atoms with E-state index >= 15 is 0 Å². The van der Waals surface area contributed by atoms with E-state index in [1.165, 1.54) is 18.4 Å². The van der Waals surface area contributed by atoms with E-state index < -0.39 is 0 Å². The molecule has 0 heterocycles. The number of hydrogen-bond donors (Lipinski definition) is 2. The number of aryl methyl sites for hydroxylation is 2. The summed E-state index contributed by atoms with van der Waals surface area (Å²) in [6.07, 6.45) is 2.38. The van der Waals surface area contributed by atoms with Gasteiger partial charge >= 0.3 is 0 Å². The van der Waals surface area contributed by atoms with Crippen molar-refractivity contribution >= 4 is 5.91 Å². The first-order valence-electron chi connectivity index (χ1n) is 6.20. The van der Waals surface area contributed by atoms with Crippen molar-refractivity contribution in [3.05, 3.63) is 34.9 Å². The van der Waals surface area contributed by atoms with Crippen molar-refractivity contribution < 1.29 is 4.79 Å². The first kappa shape index (κ1) is 12.1. The molecule has 1 amide bonds. The Morgan fingerprint density at radius 2 is 2.12 bits per heavy atom. The third kappa shape index (κ3) is 2.86. The van der Waals surface area contributed by atoms with Crippen LogP contribution in [0.15, 0.2) is 18.2 Å². The van der Waals surface area contributed by atoms with Crippen LogP contribution in [0.2, 0.25) is 0 Å². The highest BCUT2D eigenvalue weighted by Gasteiger charge is 2.31. The molecule has 1 saturated carbocycles. The van der Waals surface area contributed by atoms with Crippen LogP contribution in [-0.4, -0.2) is 18.5 Å². The highest BCUT2D eigenvalue weighted by atomic mass is 16.1. The molecule has 1 aromatic rings. The number of carbonyl (C=O) groups is 1. The number of rotatable bonds is 4. The van der Waals surface area contributed by atoms with Gasteiger partial charge in [0, 0.05) is 18.2 Å². The second-order valence-electron chi connectivity index (χ2n) is 4.95. The maximum absolute atomic E-state index is 12.0. The Morgan fingerprint density at radius 3 is 2.65 bits per heavy atom. The molecule has 1 unspecified atom stereocenters. The average molecular weight is 232 g/mol. The van der Waals surface area contributed by atoms with Gasteiger partial charge in [0.2, 0.25) is 0 Å². The largest absolute Gasteiger partial charge is 0.348 e. The first-order valence-corrected chi connectivity index (χ1v) is 6.20. The van der Waals surface area contributed by atoms with Gasteiger partial charge in [0.25, 0.3) is 5.91 Å². The lowest BCUT2D eigenvalue weighted by molar-refractivity contribution is 0.0933. The van der Waals surface area contributed by atoms with Crippen molar-refractivity contribution in [2.75, 3.05) is 6.54 Å². The Hall–Kier alpha value is -1.35. The van der Waals surface area contributed by atoms with Crippen molar-refractivity contribution in [2.45, 2.75) is 32.7 Å². The number of carbonyl (C=O) groups excluding carboxylic acids is 1. The van der Waals surface area contributed by atoms with E-state index in [9.17, 15) is 4.79 Å². The fourth-order valence-electron chi connectivity index (χ4n) is 2.00. The Kier molecular flexibility index (Phi) is 3.48. The van der Waals surface area contributed by atoms with Crippen molar-refractivity contribution in [1.29, 1.82) is 0 Å². The summed E-state index contributed by atoms with van der Waals surface area (Å²) in [6.45, 7) is 4.60. The Balaban J connectivity index is 2.05. The number of benzene rings is 1. The van der Waals surface area contributed by atoms with E-state index in [1.54, 1.807) is 0 Å². The molecule has 1 atom stereocenters. The molecule has 0 aromatic heterocycles. The van der Waals surface area contributed by atoms with Crippen molar-refractivity contribution in [2.24, 2.45) is 11.7 Å². The molecule has 3 N–H and O–H groups in total. The number of nitrogens with one attached hydrogen (secondary N) is 1. The lowest BCUT2D eigenvalue weighted by Gasteiger charge is -2.16. The normalized spacial score (nSPS) is 16.6. The van der Waals surface area contributed by atoms with E-state index in [1.807, 2.05) is 32.0 Å². The molecule has 1 aromatic carbocycles. The molecule has 3 nitrogen and oxygen atoms in total. The van der Waals surface area contributed by atoms with E-state index in [0.717, 1.165) is 11.1 Å². The van der Waals surface area contributed by atoms with E-state index in [4.69, 9.17) is 5.73 Å². The van der Waals surface area contributed by atoms with Crippen LogP contribution >= 0.6 is 0 Å². The van der Waals surface area contributed by atoms with Crippen LogP contribution in [-0.2, 0) is 0 Å². The molecular formula is C14H20N2O. The SMILES string of the molecule is Cc1ccc(C(=O)NC(CN)C2CC2)cc1C. The topological polar surface area (TPSA) is 55.1 Å². The molecule has 0 aliphatic heterocycles. The molecule has 1 aliphatic carbocycles. The minimum Gasteiger partial charge on any atom is -0.348 e. The van der Waals surface area contributed by atoms with Gasteiger partial charge in [0.1, 0.15) is 0 Å². The smallest absolute Gasteiger partial charge is 0.251 e. The molecule has 2 rings (SSSR count). The summed E-state index contributed by atoms with van der Waals surface area (Å²) in [5.74, 6) is 0.589. The summed E-state index contributed by atoms with van der Waals surface area (Å²) >= 11 is 0. The molecule has 0 spiro atoms. The quantitative estimate of drug-likeness (QED) is 0.831. The van der Waals surface area contributed by atoms with Gasteiger partial charge in [-0.3, -0.25) is 4.79 Å². The third-order valence-electron chi connectivity index (χ3n) is 3.53. The van der Waals surface area contributed by atoms with Crippen LogP contribution in [0, 0.1) is 19.8 Å². The molecule has 1 fully saturated rings. The Labute approximate surface area is 102 Å². The summed E-state index contributed by atoms with van der Waals surface area (Å²) in [5.41, 5.74) is 8.76. The molecule has 17 heavy (non-hydrogen) atoms. The van der Waals surface area contributed by atoms with Gasteiger partial charge < -0.3 is 11.1 Å². The van der Waals surface area contributed by atoms with Gasteiger partial charge in [0.05, 0.1) is 0 Å². The van der Waals surface area contributed by atoms with Gasteiger partial charge in [-0.05, 0) is 55.9 Å². The van der Waals surface area contributed by atoms with Gasteiger partial charge in [-0.1, -0.05) is 6.07 Å². The molecule has 0 bridgehead atoms. The summed E-state index contributed by atoms with van der Waals surface area (Å²) < 4.78 is 0. The van der Waals surface area contributed by atoms with Gasteiger partial charge in [-0.2, -0.15) is 0 Å². The van der Waals surface area contributed by atoms with Crippen molar-refractivity contribution in [3.63, 3.8) is 0 Å². The highest BCUT2D eigenvalue weighted by molar-refractivity contribution is 5.94. The van der Waals surface area contributed by atoms with Crippen molar-refractivity contribution in [1.82, 2.24) is 5.32 Å². The minimum atomic E-state index is -0.00421. The fourth-order valence-corrected chi connectivity index (χ4v) is 2.00. The van der Waals surface area contributed by atoms with Crippen LogP contribution in [0.5, 0.6) is 0 Å².